The minimum Gasteiger partial charge on any atom is -0.355 e. The van der Waals surface area contributed by atoms with E-state index in [4.69, 9.17) is 5.26 Å². The van der Waals surface area contributed by atoms with E-state index in [1.54, 1.807) is 0 Å². The maximum atomic E-state index is 11.9. The number of carbonyl (C=O) groups is 1. The number of piperazine rings is 1. The van der Waals surface area contributed by atoms with E-state index in [1.165, 1.54) is 31.3 Å². The molecule has 1 aliphatic carbocycles. The molecule has 0 spiro atoms. The van der Waals surface area contributed by atoms with Crippen molar-refractivity contribution < 1.29 is 4.79 Å². The highest BCUT2D eigenvalue weighted by Gasteiger charge is 2.23. The quantitative estimate of drug-likeness (QED) is 0.729. The summed E-state index contributed by atoms with van der Waals surface area (Å²) in [7, 11) is 0. The molecule has 5 heteroatoms. The number of carbonyl (C=O) groups excluding carboxylic acids is 1. The molecule has 0 bridgehead atoms. The summed E-state index contributed by atoms with van der Waals surface area (Å²) in [4.78, 5) is 13.9. The van der Waals surface area contributed by atoms with Gasteiger partial charge in [-0.05, 0) is 32.1 Å². The van der Waals surface area contributed by atoms with E-state index in [0.29, 0.717) is 19.6 Å². The SMILES string of the molecule is N#CC1CNCCN1CC(=O)NCCC1=CCCCC1. The van der Waals surface area contributed by atoms with Gasteiger partial charge in [0.2, 0.25) is 5.91 Å². The second kappa shape index (κ2) is 8.03. The number of amides is 1. The molecule has 0 aromatic carbocycles. The first-order valence-corrected chi connectivity index (χ1v) is 7.58. The zero-order valence-corrected chi connectivity index (χ0v) is 12.0. The summed E-state index contributed by atoms with van der Waals surface area (Å²) in [6.45, 7) is 3.30. The lowest BCUT2D eigenvalue weighted by Gasteiger charge is -2.31. The Hall–Kier alpha value is -1.38. The molecule has 2 aliphatic rings. The second-order valence-electron chi connectivity index (χ2n) is 5.53. The van der Waals surface area contributed by atoms with E-state index in [9.17, 15) is 4.79 Å². The van der Waals surface area contributed by atoms with Crippen LogP contribution < -0.4 is 10.6 Å². The lowest BCUT2D eigenvalue weighted by atomic mass is 9.97. The normalized spacial score (nSPS) is 23.8. The van der Waals surface area contributed by atoms with E-state index >= 15 is 0 Å². The van der Waals surface area contributed by atoms with Crippen molar-refractivity contribution in [3.05, 3.63) is 11.6 Å². The highest BCUT2D eigenvalue weighted by molar-refractivity contribution is 5.78. The molecule has 1 aliphatic heterocycles. The predicted molar refractivity (Wildman–Crippen MR) is 78.0 cm³/mol. The first kappa shape index (κ1) is 15.0. The molecule has 5 nitrogen and oxygen atoms in total. The van der Waals surface area contributed by atoms with Crippen molar-refractivity contribution in [2.75, 3.05) is 32.7 Å². The Morgan fingerprint density at radius 2 is 2.45 bits per heavy atom. The molecule has 110 valence electrons. The highest BCUT2D eigenvalue weighted by Crippen LogP contribution is 2.19. The van der Waals surface area contributed by atoms with E-state index in [2.05, 4.69) is 22.8 Å². The van der Waals surface area contributed by atoms with Crippen LogP contribution in [0.1, 0.15) is 32.1 Å². The summed E-state index contributed by atoms with van der Waals surface area (Å²) in [5, 5.41) is 15.2. The largest absolute Gasteiger partial charge is 0.355 e. The maximum Gasteiger partial charge on any atom is 0.234 e. The van der Waals surface area contributed by atoms with E-state index in [-0.39, 0.29) is 11.9 Å². The zero-order valence-electron chi connectivity index (χ0n) is 12.0. The van der Waals surface area contributed by atoms with Gasteiger partial charge in [-0.3, -0.25) is 9.69 Å². The average Bonchev–Trinajstić information content (AvgIpc) is 2.49. The highest BCUT2D eigenvalue weighted by atomic mass is 16.2. The molecule has 1 amide bonds. The summed E-state index contributed by atoms with van der Waals surface area (Å²) in [5.41, 5.74) is 1.48. The topological polar surface area (TPSA) is 68.2 Å². The van der Waals surface area contributed by atoms with E-state index in [1.807, 2.05) is 4.90 Å². The zero-order chi connectivity index (χ0) is 14.2. The number of rotatable bonds is 5. The van der Waals surface area contributed by atoms with Gasteiger partial charge in [0, 0.05) is 26.2 Å². The van der Waals surface area contributed by atoms with Crippen LogP contribution in [-0.2, 0) is 4.79 Å². The van der Waals surface area contributed by atoms with Crippen LogP contribution in [-0.4, -0.2) is 49.6 Å². The van der Waals surface area contributed by atoms with Gasteiger partial charge in [-0.1, -0.05) is 11.6 Å². The third-order valence-electron chi connectivity index (χ3n) is 4.00. The molecule has 1 fully saturated rings. The van der Waals surface area contributed by atoms with Gasteiger partial charge in [0.05, 0.1) is 12.6 Å². The van der Waals surface area contributed by atoms with Crippen molar-refractivity contribution >= 4 is 5.91 Å². The van der Waals surface area contributed by atoms with Crippen LogP contribution in [0.15, 0.2) is 11.6 Å². The molecule has 1 unspecified atom stereocenters. The molecule has 0 saturated carbocycles. The first-order chi connectivity index (χ1) is 9.79. The molecule has 0 radical (unpaired) electrons. The number of hydrogen-bond acceptors (Lipinski definition) is 4. The van der Waals surface area contributed by atoms with Crippen molar-refractivity contribution in [1.82, 2.24) is 15.5 Å². The van der Waals surface area contributed by atoms with Gasteiger partial charge in [-0.2, -0.15) is 5.26 Å². The molecular weight excluding hydrogens is 252 g/mol. The third-order valence-corrected chi connectivity index (χ3v) is 4.00. The summed E-state index contributed by atoms with van der Waals surface area (Å²) in [6.07, 6.45) is 8.24. The van der Waals surface area contributed by atoms with Crippen LogP contribution in [0, 0.1) is 11.3 Å². The lowest BCUT2D eigenvalue weighted by molar-refractivity contribution is -0.122. The average molecular weight is 276 g/mol. The molecule has 1 heterocycles. The molecule has 2 rings (SSSR count). The standard InChI is InChI=1S/C15H24N4O/c16-10-14-11-17-8-9-19(14)12-15(20)18-7-6-13-4-2-1-3-5-13/h4,14,17H,1-3,5-9,11-12H2,(H,18,20). The molecule has 1 saturated heterocycles. The first-order valence-electron chi connectivity index (χ1n) is 7.58. The lowest BCUT2D eigenvalue weighted by Crippen LogP contribution is -2.53. The van der Waals surface area contributed by atoms with Crippen LogP contribution in [0.25, 0.3) is 0 Å². The van der Waals surface area contributed by atoms with Gasteiger partial charge in [0.15, 0.2) is 0 Å². The second-order valence-corrected chi connectivity index (χ2v) is 5.53. The molecule has 0 aromatic rings. The van der Waals surface area contributed by atoms with E-state index in [0.717, 1.165) is 19.5 Å². The van der Waals surface area contributed by atoms with Gasteiger partial charge < -0.3 is 10.6 Å². The van der Waals surface area contributed by atoms with Gasteiger partial charge >= 0.3 is 0 Å². The fourth-order valence-electron chi connectivity index (χ4n) is 2.80. The van der Waals surface area contributed by atoms with Crippen molar-refractivity contribution in [3.8, 4) is 6.07 Å². The molecule has 2 N–H and O–H groups in total. The Kier molecular flexibility index (Phi) is 6.03. The van der Waals surface area contributed by atoms with Crippen molar-refractivity contribution in [3.63, 3.8) is 0 Å². The summed E-state index contributed by atoms with van der Waals surface area (Å²) in [6, 6.07) is 2.06. The molecular formula is C15H24N4O. The number of hydrogen-bond donors (Lipinski definition) is 2. The van der Waals surface area contributed by atoms with Gasteiger partial charge in [0.25, 0.3) is 0 Å². The number of nitriles is 1. The maximum absolute atomic E-state index is 11.9. The van der Waals surface area contributed by atoms with Gasteiger partial charge in [-0.15, -0.1) is 0 Å². The van der Waals surface area contributed by atoms with E-state index < -0.39 is 0 Å². The summed E-state index contributed by atoms with van der Waals surface area (Å²) in [5.74, 6) is 0.0311. The number of nitrogens with one attached hydrogen (secondary N) is 2. The Morgan fingerprint density at radius 1 is 1.55 bits per heavy atom. The van der Waals surface area contributed by atoms with Crippen molar-refractivity contribution in [2.24, 2.45) is 0 Å². The van der Waals surface area contributed by atoms with Crippen LogP contribution in [0.3, 0.4) is 0 Å². The van der Waals surface area contributed by atoms with Crippen LogP contribution in [0.4, 0.5) is 0 Å². The Morgan fingerprint density at radius 3 is 3.20 bits per heavy atom. The summed E-state index contributed by atoms with van der Waals surface area (Å²) < 4.78 is 0. The molecule has 0 aromatic heterocycles. The fourth-order valence-corrected chi connectivity index (χ4v) is 2.80. The van der Waals surface area contributed by atoms with Crippen LogP contribution >= 0.6 is 0 Å². The number of allylic oxidation sites excluding steroid dienone is 1. The van der Waals surface area contributed by atoms with Gasteiger partial charge in [0.1, 0.15) is 6.04 Å². The predicted octanol–water partition coefficient (Wildman–Crippen LogP) is 0.790. The van der Waals surface area contributed by atoms with Crippen molar-refractivity contribution in [1.29, 1.82) is 5.26 Å². The molecule has 20 heavy (non-hydrogen) atoms. The third kappa shape index (κ3) is 4.62. The van der Waals surface area contributed by atoms with Gasteiger partial charge in [-0.25, -0.2) is 0 Å². The minimum absolute atomic E-state index is 0.0311. The van der Waals surface area contributed by atoms with Crippen molar-refractivity contribution in [2.45, 2.75) is 38.1 Å². The Bertz CT molecular complexity index is 399. The Labute approximate surface area is 121 Å². The smallest absolute Gasteiger partial charge is 0.234 e. The Balaban J connectivity index is 1.67. The summed E-state index contributed by atoms with van der Waals surface area (Å²) >= 11 is 0. The monoisotopic (exact) mass is 276 g/mol. The minimum atomic E-state index is -0.185. The fraction of sp³-hybridized carbons (Fsp3) is 0.733. The van der Waals surface area contributed by atoms with Crippen LogP contribution in [0.5, 0.6) is 0 Å². The number of nitrogens with zero attached hydrogens (tertiary/aromatic N) is 2. The molecule has 1 atom stereocenters. The van der Waals surface area contributed by atoms with Crippen LogP contribution in [0.2, 0.25) is 0 Å².